The predicted molar refractivity (Wildman–Crippen MR) is 117 cm³/mol. The zero-order valence-corrected chi connectivity index (χ0v) is 17.1. The number of thiazole rings is 1. The first-order chi connectivity index (χ1) is 14.2. The van der Waals surface area contributed by atoms with Crippen LogP contribution < -0.4 is 10.2 Å². The van der Waals surface area contributed by atoms with Gasteiger partial charge in [0.25, 0.3) is 5.91 Å². The van der Waals surface area contributed by atoms with Crippen LogP contribution in [-0.2, 0) is 0 Å². The summed E-state index contributed by atoms with van der Waals surface area (Å²) in [6, 6.07) is 19.6. The third kappa shape index (κ3) is 4.09. The lowest BCUT2D eigenvalue weighted by Crippen LogP contribution is -2.31. The Morgan fingerprint density at radius 3 is 2.59 bits per heavy atom. The molecule has 0 aliphatic heterocycles. The molecule has 0 saturated heterocycles. The van der Waals surface area contributed by atoms with Crippen molar-refractivity contribution in [3.63, 3.8) is 0 Å². The number of aromatic nitrogens is 3. The molecule has 6 nitrogen and oxygen atoms in total. The molecule has 0 aliphatic carbocycles. The quantitative estimate of drug-likeness (QED) is 0.494. The highest BCUT2D eigenvalue weighted by Crippen LogP contribution is 2.25. The summed E-state index contributed by atoms with van der Waals surface area (Å²) >= 11 is 1.39. The van der Waals surface area contributed by atoms with Crippen LogP contribution in [0.5, 0.6) is 0 Å². The van der Waals surface area contributed by atoms with E-state index in [4.69, 9.17) is 0 Å². The Morgan fingerprint density at radius 2 is 1.83 bits per heavy atom. The number of benzene rings is 2. The number of rotatable bonds is 6. The van der Waals surface area contributed by atoms with Gasteiger partial charge in [-0.15, -0.1) is 11.3 Å². The summed E-state index contributed by atoms with van der Waals surface area (Å²) < 4.78 is 0.994. The van der Waals surface area contributed by atoms with Gasteiger partial charge in [-0.3, -0.25) is 9.69 Å². The Kier molecular flexibility index (Phi) is 5.48. The van der Waals surface area contributed by atoms with Gasteiger partial charge in [-0.05, 0) is 37.6 Å². The molecule has 0 spiro atoms. The summed E-state index contributed by atoms with van der Waals surface area (Å²) in [5.74, 6) is 0.873. The van der Waals surface area contributed by atoms with Crippen molar-refractivity contribution >= 4 is 39.2 Å². The molecular weight excluding hydrogens is 382 g/mol. The molecule has 0 fully saturated rings. The van der Waals surface area contributed by atoms with Crippen LogP contribution >= 0.6 is 11.3 Å². The zero-order valence-electron chi connectivity index (χ0n) is 16.2. The van der Waals surface area contributed by atoms with E-state index in [1.54, 1.807) is 17.2 Å². The first kappa shape index (κ1) is 19.0. The molecule has 4 aromatic rings. The van der Waals surface area contributed by atoms with Gasteiger partial charge < -0.3 is 5.32 Å². The molecule has 0 radical (unpaired) electrons. The van der Waals surface area contributed by atoms with E-state index >= 15 is 0 Å². The molecule has 2 heterocycles. The SMILES string of the molecule is CCN(C(=O)c1nc2ccccc2s1)c1ccnc(N[C@H](C)c2ccccc2)n1. The number of carbonyl (C=O) groups is 1. The fourth-order valence-corrected chi connectivity index (χ4v) is 3.99. The van der Waals surface area contributed by atoms with E-state index in [0.717, 1.165) is 15.8 Å². The third-order valence-corrected chi connectivity index (χ3v) is 5.63. The number of nitrogens with zero attached hydrogens (tertiary/aromatic N) is 4. The van der Waals surface area contributed by atoms with Crippen LogP contribution in [0, 0.1) is 0 Å². The first-order valence-corrected chi connectivity index (χ1v) is 10.3. The standard InChI is InChI=1S/C22H21N5OS/c1-3-27(21(28)20-25-17-11-7-8-12-18(17)29-20)19-13-14-23-22(26-19)24-15(2)16-9-5-4-6-10-16/h4-15H,3H2,1-2H3,(H,23,24,26)/t15-/m1/s1. The number of carbonyl (C=O) groups excluding carboxylic acids is 1. The number of fused-ring (bicyclic) bond motifs is 1. The van der Waals surface area contributed by atoms with E-state index in [9.17, 15) is 4.79 Å². The van der Waals surface area contributed by atoms with Crippen LogP contribution in [0.1, 0.15) is 35.3 Å². The summed E-state index contributed by atoms with van der Waals surface area (Å²) in [5, 5.41) is 3.76. The highest BCUT2D eigenvalue weighted by molar-refractivity contribution is 7.20. The average Bonchev–Trinajstić information content (AvgIpc) is 3.19. The van der Waals surface area contributed by atoms with Crippen LogP contribution in [0.15, 0.2) is 66.9 Å². The van der Waals surface area contributed by atoms with E-state index < -0.39 is 0 Å². The van der Waals surface area contributed by atoms with Crippen molar-refractivity contribution in [2.75, 3.05) is 16.8 Å². The first-order valence-electron chi connectivity index (χ1n) is 9.47. The van der Waals surface area contributed by atoms with Gasteiger partial charge in [0.2, 0.25) is 5.95 Å². The Balaban J connectivity index is 1.57. The summed E-state index contributed by atoms with van der Waals surface area (Å²) in [6.07, 6.45) is 1.66. The maximum Gasteiger partial charge on any atom is 0.288 e. The maximum absolute atomic E-state index is 13.1. The van der Waals surface area contributed by atoms with Crippen LogP contribution in [0.25, 0.3) is 10.2 Å². The number of amides is 1. The Morgan fingerprint density at radius 1 is 1.07 bits per heavy atom. The Labute approximate surface area is 173 Å². The molecular formula is C22H21N5OS. The van der Waals surface area contributed by atoms with Gasteiger partial charge in [-0.25, -0.2) is 9.97 Å². The lowest BCUT2D eigenvalue weighted by atomic mass is 10.1. The van der Waals surface area contributed by atoms with E-state index in [2.05, 4.69) is 39.3 Å². The van der Waals surface area contributed by atoms with Crippen molar-refractivity contribution in [1.29, 1.82) is 0 Å². The van der Waals surface area contributed by atoms with Gasteiger partial charge in [-0.2, -0.15) is 4.98 Å². The topological polar surface area (TPSA) is 71.0 Å². The van der Waals surface area contributed by atoms with E-state index in [0.29, 0.717) is 23.3 Å². The molecule has 2 aromatic carbocycles. The Bertz CT molecular complexity index is 1100. The van der Waals surface area contributed by atoms with Crippen molar-refractivity contribution in [2.45, 2.75) is 19.9 Å². The van der Waals surface area contributed by atoms with Crippen molar-refractivity contribution in [1.82, 2.24) is 15.0 Å². The molecule has 146 valence electrons. The smallest absolute Gasteiger partial charge is 0.288 e. The number of para-hydroxylation sites is 1. The van der Waals surface area contributed by atoms with Gasteiger partial charge in [0.15, 0.2) is 5.01 Å². The fraction of sp³-hybridized carbons (Fsp3) is 0.182. The summed E-state index contributed by atoms with van der Waals surface area (Å²) in [6.45, 7) is 4.46. The molecule has 1 N–H and O–H groups in total. The van der Waals surface area contributed by atoms with Gasteiger partial charge in [0.05, 0.1) is 16.3 Å². The van der Waals surface area contributed by atoms with Crippen molar-refractivity contribution in [3.05, 3.63) is 77.4 Å². The number of hydrogen-bond donors (Lipinski definition) is 1. The van der Waals surface area contributed by atoms with Crippen molar-refractivity contribution < 1.29 is 4.79 Å². The minimum Gasteiger partial charge on any atom is -0.348 e. The maximum atomic E-state index is 13.1. The molecule has 7 heteroatoms. The zero-order chi connectivity index (χ0) is 20.2. The molecule has 0 bridgehead atoms. The predicted octanol–water partition coefficient (Wildman–Crippen LogP) is 4.93. The molecule has 29 heavy (non-hydrogen) atoms. The minimum atomic E-state index is -0.158. The monoisotopic (exact) mass is 403 g/mol. The molecule has 0 unspecified atom stereocenters. The van der Waals surface area contributed by atoms with Gasteiger partial charge >= 0.3 is 0 Å². The molecule has 1 amide bonds. The molecule has 2 aromatic heterocycles. The molecule has 1 atom stereocenters. The lowest BCUT2D eigenvalue weighted by Gasteiger charge is -2.20. The second kappa shape index (κ2) is 8.36. The van der Waals surface area contributed by atoms with Crippen molar-refractivity contribution in [2.24, 2.45) is 0 Å². The summed E-state index contributed by atoms with van der Waals surface area (Å²) in [7, 11) is 0. The minimum absolute atomic E-state index is 0.0430. The molecule has 0 aliphatic rings. The number of hydrogen-bond acceptors (Lipinski definition) is 6. The lowest BCUT2D eigenvalue weighted by molar-refractivity contribution is 0.0987. The summed E-state index contributed by atoms with van der Waals surface area (Å²) in [4.78, 5) is 28.1. The second-order valence-corrected chi connectivity index (χ2v) is 7.58. The Hall–Kier alpha value is -3.32. The highest BCUT2D eigenvalue weighted by atomic mass is 32.1. The van der Waals surface area contributed by atoms with Crippen LogP contribution in [0.3, 0.4) is 0 Å². The van der Waals surface area contributed by atoms with E-state index in [1.165, 1.54) is 11.3 Å². The van der Waals surface area contributed by atoms with Gasteiger partial charge in [0, 0.05) is 12.7 Å². The highest BCUT2D eigenvalue weighted by Gasteiger charge is 2.21. The average molecular weight is 404 g/mol. The third-order valence-electron chi connectivity index (χ3n) is 4.60. The molecule has 0 saturated carbocycles. The normalized spacial score (nSPS) is 11.9. The number of anilines is 2. The van der Waals surface area contributed by atoms with Crippen LogP contribution in [0.4, 0.5) is 11.8 Å². The second-order valence-electron chi connectivity index (χ2n) is 6.55. The van der Waals surface area contributed by atoms with Crippen LogP contribution in [-0.4, -0.2) is 27.4 Å². The van der Waals surface area contributed by atoms with Gasteiger partial charge in [0.1, 0.15) is 5.82 Å². The molecule has 4 rings (SSSR count). The van der Waals surface area contributed by atoms with E-state index in [-0.39, 0.29) is 11.9 Å². The summed E-state index contributed by atoms with van der Waals surface area (Å²) in [5.41, 5.74) is 1.97. The largest absolute Gasteiger partial charge is 0.348 e. The van der Waals surface area contributed by atoms with Crippen LogP contribution in [0.2, 0.25) is 0 Å². The van der Waals surface area contributed by atoms with E-state index in [1.807, 2.05) is 49.4 Å². The number of nitrogens with one attached hydrogen (secondary N) is 1. The van der Waals surface area contributed by atoms with Gasteiger partial charge in [-0.1, -0.05) is 42.5 Å². The van der Waals surface area contributed by atoms with Crippen molar-refractivity contribution in [3.8, 4) is 0 Å². The fourth-order valence-electron chi connectivity index (χ4n) is 3.08.